The van der Waals surface area contributed by atoms with Crippen molar-refractivity contribution in [3.63, 3.8) is 0 Å². The first-order chi connectivity index (χ1) is 10.8. The number of hydrogen-bond acceptors (Lipinski definition) is 2. The zero-order chi connectivity index (χ0) is 14.9. The molecule has 22 heavy (non-hydrogen) atoms. The number of nitrogens with one attached hydrogen (secondary N) is 1. The summed E-state index contributed by atoms with van der Waals surface area (Å²) < 4.78 is 14.8. The summed E-state index contributed by atoms with van der Waals surface area (Å²) in [6, 6.07) is 18.9. The highest BCUT2D eigenvalue weighted by atomic mass is 19.1. The lowest BCUT2D eigenvalue weighted by Crippen LogP contribution is -1.92. The quantitative estimate of drug-likeness (QED) is 0.593. The van der Waals surface area contributed by atoms with Gasteiger partial charge >= 0.3 is 0 Å². The summed E-state index contributed by atoms with van der Waals surface area (Å²) in [5.74, 6) is -0.334. The normalized spacial score (nSPS) is 11.0. The van der Waals surface area contributed by atoms with Crippen molar-refractivity contribution in [2.24, 2.45) is 0 Å². The van der Waals surface area contributed by atoms with Gasteiger partial charge in [0, 0.05) is 22.7 Å². The molecule has 1 N–H and O–H groups in total. The fourth-order valence-electron chi connectivity index (χ4n) is 2.54. The Kier molecular flexibility index (Phi) is 2.93. The first-order valence-corrected chi connectivity index (χ1v) is 6.97. The fraction of sp³-hybridized carbons (Fsp3) is 0. The molecule has 0 amide bonds. The third-order valence-corrected chi connectivity index (χ3v) is 3.66. The molecule has 4 aromatic rings. The molecule has 0 aliphatic rings. The van der Waals surface area contributed by atoms with Gasteiger partial charge in [-0.3, -0.25) is 5.10 Å². The molecule has 3 nitrogen and oxygen atoms in total. The van der Waals surface area contributed by atoms with E-state index in [2.05, 4.69) is 15.2 Å². The van der Waals surface area contributed by atoms with Gasteiger partial charge < -0.3 is 0 Å². The Morgan fingerprint density at radius 3 is 2.45 bits per heavy atom. The summed E-state index contributed by atoms with van der Waals surface area (Å²) in [4.78, 5) is 4.51. The van der Waals surface area contributed by atoms with Gasteiger partial charge in [-0.15, -0.1) is 0 Å². The maximum absolute atomic E-state index is 14.8. The molecular formula is C18H12FN3. The van der Waals surface area contributed by atoms with Crippen LogP contribution >= 0.6 is 0 Å². The lowest BCUT2D eigenvalue weighted by atomic mass is 10.1. The van der Waals surface area contributed by atoms with E-state index in [1.165, 1.54) is 0 Å². The van der Waals surface area contributed by atoms with E-state index in [0.717, 1.165) is 16.6 Å². The number of pyridine rings is 1. The first-order valence-electron chi connectivity index (χ1n) is 6.97. The van der Waals surface area contributed by atoms with Gasteiger partial charge in [-0.05, 0) is 18.2 Å². The summed E-state index contributed by atoms with van der Waals surface area (Å²) in [5, 5.41) is 7.44. The van der Waals surface area contributed by atoms with Crippen LogP contribution < -0.4 is 0 Å². The average Bonchev–Trinajstić information content (AvgIpc) is 3.10. The molecule has 0 saturated heterocycles. The monoisotopic (exact) mass is 289 g/mol. The molecule has 4 rings (SSSR count). The second kappa shape index (κ2) is 5.07. The first kappa shape index (κ1) is 12.7. The van der Waals surface area contributed by atoms with Gasteiger partial charge in [-0.2, -0.15) is 5.10 Å². The van der Waals surface area contributed by atoms with Crippen LogP contribution in [0, 0.1) is 5.82 Å². The second-order valence-electron chi connectivity index (χ2n) is 5.03. The van der Waals surface area contributed by atoms with Gasteiger partial charge in [-0.25, -0.2) is 9.37 Å². The van der Waals surface area contributed by atoms with Crippen molar-refractivity contribution < 1.29 is 4.39 Å². The highest BCUT2D eigenvalue weighted by Gasteiger charge is 2.12. The zero-order valence-corrected chi connectivity index (χ0v) is 11.6. The minimum atomic E-state index is -0.334. The number of H-pyrrole nitrogens is 1. The van der Waals surface area contributed by atoms with E-state index in [0.29, 0.717) is 16.8 Å². The Morgan fingerprint density at radius 2 is 1.68 bits per heavy atom. The molecule has 0 saturated carbocycles. The second-order valence-corrected chi connectivity index (χ2v) is 5.03. The van der Waals surface area contributed by atoms with Crippen molar-refractivity contribution in [1.29, 1.82) is 0 Å². The maximum Gasteiger partial charge on any atom is 0.158 e. The SMILES string of the molecule is Fc1c(-c2ccn[nH]2)ccc2ccc(-c3ccccc3)nc12. The van der Waals surface area contributed by atoms with Crippen molar-refractivity contribution in [3.05, 3.63) is 72.7 Å². The Balaban J connectivity index is 1.93. The summed E-state index contributed by atoms with van der Waals surface area (Å²) in [6.45, 7) is 0. The minimum absolute atomic E-state index is 0.334. The lowest BCUT2D eigenvalue weighted by Gasteiger charge is -2.07. The summed E-state index contributed by atoms with van der Waals surface area (Å²) in [6.07, 6.45) is 1.60. The molecule has 0 bridgehead atoms. The number of nitrogens with zero attached hydrogens (tertiary/aromatic N) is 2. The van der Waals surface area contributed by atoms with Crippen LogP contribution in [0.2, 0.25) is 0 Å². The van der Waals surface area contributed by atoms with Crippen molar-refractivity contribution in [2.75, 3.05) is 0 Å². The molecule has 2 heterocycles. The van der Waals surface area contributed by atoms with Crippen molar-refractivity contribution >= 4 is 10.9 Å². The molecule has 0 aliphatic carbocycles. The highest BCUT2D eigenvalue weighted by molar-refractivity contribution is 5.86. The standard InChI is InChI=1S/C18H12FN3/c19-17-14(16-10-11-20-22-16)8-6-13-7-9-15(21-18(13)17)12-4-2-1-3-5-12/h1-11H,(H,20,22). The van der Waals surface area contributed by atoms with Crippen LogP contribution in [0.1, 0.15) is 0 Å². The molecule has 0 radical (unpaired) electrons. The Morgan fingerprint density at radius 1 is 0.864 bits per heavy atom. The van der Waals surface area contributed by atoms with E-state index in [4.69, 9.17) is 0 Å². The average molecular weight is 289 g/mol. The molecule has 0 aliphatic heterocycles. The topological polar surface area (TPSA) is 41.6 Å². The molecular weight excluding hydrogens is 277 g/mol. The smallest absolute Gasteiger partial charge is 0.158 e. The number of hydrogen-bond donors (Lipinski definition) is 1. The fourth-order valence-corrected chi connectivity index (χ4v) is 2.54. The molecule has 4 heteroatoms. The van der Waals surface area contributed by atoms with E-state index in [-0.39, 0.29) is 5.82 Å². The number of aromatic amines is 1. The van der Waals surface area contributed by atoms with E-state index in [1.54, 1.807) is 18.3 Å². The van der Waals surface area contributed by atoms with Crippen LogP contribution in [-0.4, -0.2) is 15.2 Å². The highest BCUT2D eigenvalue weighted by Crippen LogP contribution is 2.28. The third kappa shape index (κ3) is 2.05. The van der Waals surface area contributed by atoms with Crippen LogP contribution in [0.15, 0.2) is 66.9 Å². The van der Waals surface area contributed by atoms with Crippen LogP contribution in [0.4, 0.5) is 4.39 Å². The van der Waals surface area contributed by atoms with Gasteiger partial charge in [0.1, 0.15) is 5.52 Å². The number of aromatic nitrogens is 3. The zero-order valence-electron chi connectivity index (χ0n) is 11.6. The van der Waals surface area contributed by atoms with Gasteiger partial charge in [0.2, 0.25) is 0 Å². The Labute approximate surface area is 126 Å². The molecule has 0 fully saturated rings. The Hall–Kier alpha value is -3.01. The van der Waals surface area contributed by atoms with Crippen LogP contribution in [0.3, 0.4) is 0 Å². The number of fused-ring (bicyclic) bond motifs is 1. The van der Waals surface area contributed by atoms with Crippen LogP contribution in [0.25, 0.3) is 33.4 Å². The Bertz CT molecular complexity index is 931. The van der Waals surface area contributed by atoms with Crippen molar-refractivity contribution in [1.82, 2.24) is 15.2 Å². The van der Waals surface area contributed by atoms with E-state index in [1.807, 2.05) is 48.5 Å². The molecule has 2 aromatic heterocycles. The predicted molar refractivity (Wildman–Crippen MR) is 84.7 cm³/mol. The minimum Gasteiger partial charge on any atom is -0.278 e. The molecule has 106 valence electrons. The van der Waals surface area contributed by atoms with Crippen molar-refractivity contribution in [2.45, 2.75) is 0 Å². The number of rotatable bonds is 2. The summed E-state index contributed by atoms with van der Waals surface area (Å²) in [7, 11) is 0. The van der Waals surface area contributed by atoms with E-state index < -0.39 is 0 Å². The molecule has 0 atom stereocenters. The molecule has 0 unspecified atom stereocenters. The lowest BCUT2D eigenvalue weighted by molar-refractivity contribution is 0.639. The van der Waals surface area contributed by atoms with Crippen LogP contribution in [-0.2, 0) is 0 Å². The van der Waals surface area contributed by atoms with Gasteiger partial charge in [0.15, 0.2) is 5.82 Å². The van der Waals surface area contributed by atoms with E-state index in [9.17, 15) is 4.39 Å². The molecule has 2 aromatic carbocycles. The van der Waals surface area contributed by atoms with Gasteiger partial charge in [0.25, 0.3) is 0 Å². The molecule has 0 spiro atoms. The predicted octanol–water partition coefficient (Wildman–Crippen LogP) is 4.43. The maximum atomic E-state index is 14.8. The van der Waals surface area contributed by atoms with Gasteiger partial charge in [0.05, 0.1) is 11.4 Å². The largest absolute Gasteiger partial charge is 0.278 e. The van der Waals surface area contributed by atoms with E-state index >= 15 is 0 Å². The van der Waals surface area contributed by atoms with Gasteiger partial charge in [-0.1, -0.05) is 42.5 Å². The summed E-state index contributed by atoms with van der Waals surface area (Å²) in [5.41, 5.74) is 3.21. The number of halogens is 1. The number of benzene rings is 2. The summed E-state index contributed by atoms with van der Waals surface area (Å²) >= 11 is 0. The van der Waals surface area contributed by atoms with Crippen LogP contribution in [0.5, 0.6) is 0 Å². The van der Waals surface area contributed by atoms with Crippen molar-refractivity contribution in [3.8, 4) is 22.5 Å². The third-order valence-electron chi connectivity index (χ3n) is 3.66.